The molecular formula is C46H29N3. The fraction of sp³-hybridized carbons (Fsp3) is 0. The summed E-state index contributed by atoms with van der Waals surface area (Å²) in [6.07, 6.45) is 0. The van der Waals surface area contributed by atoms with Gasteiger partial charge in [-0.05, 0) is 103 Å². The van der Waals surface area contributed by atoms with Gasteiger partial charge in [-0.15, -0.1) is 0 Å². The van der Waals surface area contributed by atoms with E-state index in [1.165, 1.54) is 38.2 Å². The quantitative estimate of drug-likeness (QED) is 0.183. The Morgan fingerprint density at radius 2 is 0.959 bits per heavy atom. The van der Waals surface area contributed by atoms with E-state index in [4.69, 9.17) is 9.97 Å². The van der Waals surface area contributed by atoms with E-state index in [0.717, 1.165) is 55.5 Å². The smallest absolute Gasteiger partial charge is 0.165 e. The maximum Gasteiger partial charge on any atom is 0.165 e. The van der Waals surface area contributed by atoms with Crippen LogP contribution >= 0.6 is 0 Å². The first-order valence-corrected chi connectivity index (χ1v) is 16.7. The molecule has 3 heteroatoms. The Hall–Kier alpha value is -6.58. The Morgan fingerprint density at radius 1 is 0.367 bits per heavy atom. The molecule has 8 aromatic carbocycles. The summed E-state index contributed by atoms with van der Waals surface area (Å²) in [5.74, 6) is 0. The van der Waals surface area contributed by atoms with Crippen molar-refractivity contribution in [3.8, 4) is 39.1 Å². The van der Waals surface area contributed by atoms with E-state index >= 15 is 0 Å². The predicted molar refractivity (Wildman–Crippen MR) is 205 cm³/mol. The van der Waals surface area contributed by atoms with Crippen molar-refractivity contribution >= 4 is 54.6 Å². The van der Waals surface area contributed by atoms with Gasteiger partial charge in [0.1, 0.15) is 5.52 Å². The van der Waals surface area contributed by atoms with Crippen LogP contribution in [0.3, 0.4) is 0 Å². The Kier molecular flexibility index (Phi) is 6.18. The fourth-order valence-corrected chi connectivity index (χ4v) is 7.42. The van der Waals surface area contributed by atoms with Crippen molar-refractivity contribution in [2.45, 2.75) is 0 Å². The van der Waals surface area contributed by atoms with Crippen molar-refractivity contribution < 1.29 is 0 Å². The number of benzene rings is 8. The monoisotopic (exact) mass is 623 g/mol. The van der Waals surface area contributed by atoms with Crippen LogP contribution in [0.5, 0.6) is 0 Å². The van der Waals surface area contributed by atoms with Crippen molar-refractivity contribution in [3.05, 3.63) is 176 Å². The second-order valence-electron chi connectivity index (χ2n) is 12.6. The van der Waals surface area contributed by atoms with Crippen LogP contribution in [0.25, 0.3) is 93.7 Å². The van der Waals surface area contributed by atoms with Gasteiger partial charge in [-0.1, -0.05) is 127 Å². The standard InChI is InChI=1S/C46H29N3/c1-3-13-30(14-4-1)34-25-35(31-15-5-2-6-16-31)27-36(26-34)49-44-24-23-33(29-41(44)45-46(49)48-43-22-12-11-21-42(43)47-45)40-28-32-17-7-8-18-37(32)38-19-9-10-20-39(38)40/h1-29H. The van der Waals surface area contributed by atoms with Crippen LogP contribution in [0.15, 0.2) is 176 Å². The molecule has 0 saturated carbocycles. The minimum atomic E-state index is 0.846. The summed E-state index contributed by atoms with van der Waals surface area (Å²) in [5.41, 5.74) is 12.6. The first-order valence-electron chi connectivity index (χ1n) is 16.7. The zero-order valence-electron chi connectivity index (χ0n) is 26.6. The second-order valence-corrected chi connectivity index (χ2v) is 12.6. The molecule has 49 heavy (non-hydrogen) atoms. The maximum absolute atomic E-state index is 5.29. The minimum Gasteiger partial charge on any atom is -0.292 e. The van der Waals surface area contributed by atoms with Gasteiger partial charge >= 0.3 is 0 Å². The van der Waals surface area contributed by atoms with E-state index in [2.05, 4.69) is 162 Å². The molecule has 0 saturated heterocycles. The average Bonchev–Trinajstić information content (AvgIpc) is 3.49. The van der Waals surface area contributed by atoms with E-state index in [0.29, 0.717) is 0 Å². The third kappa shape index (κ3) is 4.51. The zero-order valence-corrected chi connectivity index (χ0v) is 26.6. The number of nitrogens with zero attached hydrogens (tertiary/aromatic N) is 3. The lowest BCUT2D eigenvalue weighted by atomic mass is 9.93. The predicted octanol–water partition coefficient (Wildman–Crippen LogP) is 12.0. The molecule has 10 rings (SSSR count). The third-order valence-electron chi connectivity index (χ3n) is 9.73. The summed E-state index contributed by atoms with van der Waals surface area (Å²) in [4.78, 5) is 10.6. The Bertz CT molecular complexity index is 2810. The summed E-state index contributed by atoms with van der Waals surface area (Å²) < 4.78 is 2.30. The zero-order chi connectivity index (χ0) is 32.3. The first kappa shape index (κ1) is 27.5. The molecule has 0 fully saturated rings. The topological polar surface area (TPSA) is 30.7 Å². The molecule has 0 aliphatic heterocycles. The van der Waals surface area contributed by atoms with Crippen LogP contribution in [-0.2, 0) is 0 Å². The van der Waals surface area contributed by atoms with Gasteiger partial charge in [-0.25, -0.2) is 9.97 Å². The molecule has 0 amide bonds. The molecule has 0 N–H and O–H groups in total. The summed E-state index contributed by atoms with van der Waals surface area (Å²) in [6.45, 7) is 0. The molecule has 10 aromatic rings. The number of rotatable bonds is 4. The molecule has 0 bridgehead atoms. The van der Waals surface area contributed by atoms with Crippen molar-refractivity contribution in [1.29, 1.82) is 0 Å². The van der Waals surface area contributed by atoms with Crippen LogP contribution in [0.2, 0.25) is 0 Å². The first-order chi connectivity index (χ1) is 24.3. The number of fused-ring (bicyclic) bond motifs is 7. The maximum atomic E-state index is 5.29. The third-order valence-corrected chi connectivity index (χ3v) is 9.73. The van der Waals surface area contributed by atoms with Crippen molar-refractivity contribution in [2.24, 2.45) is 0 Å². The highest BCUT2D eigenvalue weighted by atomic mass is 15.1. The van der Waals surface area contributed by atoms with Crippen LogP contribution in [-0.4, -0.2) is 14.5 Å². The van der Waals surface area contributed by atoms with E-state index in [-0.39, 0.29) is 0 Å². The SMILES string of the molecule is c1ccc(-c2cc(-c3ccccc3)cc(-n3c4ccc(-c5cc6ccccc6c6ccccc56)cc4c4nc5ccccc5nc43)c2)cc1. The van der Waals surface area contributed by atoms with Gasteiger partial charge in [0, 0.05) is 11.1 Å². The molecule has 0 aliphatic rings. The number of aromatic nitrogens is 3. The van der Waals surface area contributed by atoms with Gasteiger partial charge in [0.15, 0.2) is 5.65 Å². The summed E-state index contributed by atoms with van der Waals surface area (Å²) in [7, 11) is 0. The highest BCUT2D eigenvalue weighted by Gasteiger charge is 2.19. The molecule has 2 heterocycles. The molecule has 2 aromatic heterocycles. The summed E-state index contributed by atoms with van der Waals surface area (Å²) in [6, 6.07) is 62.7. The molecule has 0 spiro atoms. The van der Waals surface area contributed by atoms with Gasteiger partial charge in [0.2, 0.25) is 0 Å². The molecule has 0 radical (unpaired) electrons. The number of hydrogen-bond acceptors (Lipinski definition) is 2. The van der Waals surface area contributed by atoms with Crippen LogP contribution in [0.4, 0.5) is 0 Å². The lowest BCUT2D eigenvalue weighted by Crippen LogP contribution is -1.98. The minimum absolute atomic E-state index is 0.846. The Morgan fingerprint density at radius 3 is 1.67 bits per heavy atom. The molecular weight excluding hydrogens is 595 g/mol. The molecule has 0 aliphatic carbocycles. The van der Waals surface area contributed by atoms with E-state index in [1.54, 1.807) is 0 Å². The number of para-hydroxylation sites is 2. The van der Waals surface area contributed by atoms with Gasteiger partial charge in [0.25, 0.3) is 0 Å². The Labute approximate surface area is 283 Å². The van der Waals surface area contributed by atoms with Gasteiger partial charge in [0.05, 0.1) is 16.6 Å². The lowest BCUT2D eigenvalue weighted by molar-refractivity contribution is 1.14. The Balaban J connectivity index is 1.29. The normalized spacial score (nSPS) is 11.7. The lowest BCUT2D eigenvalue weighted by Gasteiger charge is -2.14. The summed E-state index contributed by atoms with van der Waals surface area (Å²) in [5, 5.41) is 6.08. The molecule has 3 nitrogen and oxygen atoms in total. The van der Waals surface area contributed by atoms with Crippen LogP contribution < -0.4 is 0 Å². The van der Waals surface area contributed by atoms with E-state index in [9.17, 15) is 0 Å². The van der Waals surface area contributed by atoms with Crippen molar-refractivity contribution in [3.63, 3.8) is 0 Å². The second kappa shape index (κ2) is 11.0. The number of hydrogen-bond donors (Lipinski definition) is 0. The molecule has 0 atom stereocenters. The van der Waals surface area contributed by atoms with E-state index in [1.807, 2.05) is 18.2 Å². The van der Waals surface area contributed by atoms with Crippen LogP contribution in [0, 0.1) is 0 Å². The van der Waals surface area contributed by atoms with Crippen LogP contribution in [0.1, 0.15) is 0 Å². The molecule has 0 unspecified atom stereocenters. The molecule has 228 valence electrons. The van der Waals surface area contributed by atoms with Gasteiger partial charge in [-0.2, -0.15) is 0 Å². The van der Waals surface area contributed by atoms with Gasteiger partial charge in [-0.3, -0.25) is 4.57 Å². The fourth-order valence-electron chi connectivity index (χ4n) is 7.42. The van der Waals surface area contributed by atoms with Crippen molar-refractivity contribution in [2.75, 3.05) is 0 Å². The van der Waals surface area contributed by atoms with E-state index < -0.39 is 0 Å². The largest absolute Gasteiger partial charge is 0.292 e. The highest BCUT2D eigenvalue weighted by Crippen LogP contribution is 2.40. The van der Waals surface area contributed by atoms with Crippen molar-refractivity contribution in [1.82, 2.24) is 14.5 Å². The summed E-state index contributed by atoms with van der Waals surface area (Å²) >= 11 is 0. The van der Waals surface area contributed by atoms with Gasteiger partial charge < -0.3 is 0 Å². The highest BCUT2D eigenvalue weighted by molar-refractivity contribution is 6.15. The average molecular weight is 624 g/mol.